The van der Waals surface area contributed by atoms with Crippen molar-refractivity contribution in [3.8, 4) is 11.5 Å². The van der Waals surface area contributed by atoms with Gasteiger partial charge in [0.25, 0.3) is 0 Å². The van der Waals surface area contributed by atoms with E-state index < -0.39 is 0 Å². The van der Waals surface area contributed by atoms with Crippen LogP contribution >= 0.6 is 31.8 Å². The van der Waals surface area contributed by atoms with Crippen LogP contribution in [0.4, 0.5) is 5.82 Å². The second-order valence-corrected chi connectivity index (χ2v) is 7.55. The molecule has 4 nitrogen and oxygen atoms in total. The van der Waals surface area contributed by atoms with Gasteiger partial charge >= 0.3 is 0 Å². The molecule has 26 heavy (non-hydrogen) atoms. The highest BCUT2D eigenvalue weighted by Crippen LogP contribution is 2.25. The number of hydrogen-bond donors (Lipinski definition) is 1. The van der Waals surface area contributed by atoms with Gasteiger partial charge in [-0.15, -0.1) is 0 Å². The fraction of sp³-hybridized carbons (Fsp3) is 0.158. The largest absolute Gasteiger partial charge is 0.457 e. The predicted molar refractivity (Wildman–Crippen MR) is 111 cm³/mol. The van der Waals surface area contributed by atoms with E-state index in [9.17, 15) is 0 Å². The normalized spacial score (nSPS) is 11.0. The molecule has 0 aliphatic rings. The molecule has 0 aliphatic heterocycles. The summed E-state index contributed by atoms with van der Waals surface area (Å²) in [6.07, 6.45) is 3.09. The average molecular weight is 406 g/mol. The lowest BCUT2D eigenvalue weighted by Gasteiger charge is -2.10. The first kappa shape index (κ1) is 18.9. The zero-order valence-electron chi connectivity index (χ0n) is 14.2. The Morgan fingerprint density at radius 2 is 1.62 bits per heavy atom. The molecule has 2 aromatic carbocycles. The van der Waals surface area contributed by atoms with Crippen LogP contribution in [0, 0.1) is 0 Å². The number of ether oxygens (including phenoxy) is 1. The molecule has 7 heteroatoms. The molecule has 0 aliphatic carbocycles. The molecule has 0 radical (unpaired) electrons. The van der Waals surface area contributed by atoms with Crippen LogP contribution in [0.5, 0.6) is 11.5 Å². The van der Waals surface area contributed by atoms with Crippen LogP contribution in [0.3, 0.4) is 0 Å². The van der Waals surface area contributed by atoms with Crippen molar-refractivity contribution < 1.29 is 4.74 Å². The van der Waals surface area contributed by atoms with Crippen LogP contribution in [-0.2, 0) is 6.42 Å². The van der Waals surface area contributed by atoms with Gasteiger partial charge in [0.15, 0.2) is 0 Å². The quantitative estimate of drug-likeness (QED) is 0.526. The van der Waals surface area contributed by atoms with Crippen LogP contribution in [0.25, 0.3) is 0 Å². The van der Waals surface area contributed by atoms with E-state index in [0.717, 1.165) is 29.9 Å². The fourth-order valence-corrected chi connectivity index (χ4v) is 3.57. The van der Waals surface area contributed by atoms with Gasteiger partial charge in [-0.3, -0.25) is 0 Å². The standard InChI is InChI=1S/C19H18Cl2N3OP/c1-2-17-18(21)19(23-11-22-17)24-12-26-16-9-7-15(8-10-16)25-14-5-3-13(20)4-6-14/h3-11,26H,2,12H2,1H3,(H,22,23,24). The van der Waals surface area contributed by atoms with Gasteiger partial charge in [-0.1, -0.05) is 50.8 Å². The second kappa shape index (κ2) is 9.18. The van der Waals surface area contributed by atoms with Crippen molar-refractivity contribution in [2.45, 2.75) is 13.3 Å². The molecule has 1 heterocycles. The fourth-order valence-electron chi connectivity index (χ4n) is 2.29. The number of hydrogen-bond acceptors (Lipinski definition) is 4. The maximum absolute atomic E-state index is 6.29. The Morgan fingerprint density at radius 3 is 2.27 bits per heavy atom. The summed E-state index contributed by atoms with van der Waals surface area (Å²) in [4.78, 5) is 8.38. The number of benzene rings is 2. The Bertz CT molecular complexity index is 858. The highest BCUT2D eigenvalue weighted by atomic mass is 35.5. The van der Waals surface area contributed by atoms with Crippen molar-refractivity contribution in [3.05, 3.63) is 70.6 Å². The summed E-state index contributed by atoms with van der Waals surface area (Å²) in [6, 6.07) is 15.3. The van der Waals surface area contributed by atoms with E-state index >= 15 is 0 Å². The molecular weight excluding hydrogens is 388 g/mol. The van der Waals surface area contributed by atoms with Gasteiger partial charge in [0, 0.05) is 11.3 Å². The highest BCUT2D eigenvalue weighted by molar-refractivity contribution is 7.47. The first-order valence-corrected chi connectivity index (χ1v) is 10.1. The molecule has 3 rings (SSSR count). The molecule has 1 N–H and O–H groups in total. The van der Waals surface area contributed by atoms with Gasteiger partial charge in [-0.2, -0.15) is 0 Å². The summed E-state index contributed by atoms with van der Waals surface area (Å²) in [7, 11) is 0.583. The summed E-state index contributed by atoms with van der Waals surface area (Å²) < 4.78 is 5.80. The molecule has 1 atom stereocenters. The van der Waals surface area contributed by atoms with Crippen LogP contribution in [0.15, 0.2) is 54.9 Å². The predicted octanol–water partition coefficient (Wildman–Crippen LogP) is 5.51. The minimum absolute atomic E-state index is 0.583. The molecule has 3 aromatic rings. The molecule has 0 spiro atoms. The van der Waals surface area contributed by atoms with E-state index in [1.54, 1.807) is 18.5 Å². The Hall–Kier alpha value is -1.87. The van der Waals surface area contributed by atoms with Crippen molar-refractivity contribution in [2.24, 2.45) is 0 Å². The van der Waals surface area contributed by atoms with Crippen LogP contribution in [0.1, 0.15) is 12.6 Å². The Balaban J connectivity index is 1.54. The zero-order valence-corrected chi connectivity index (χ0v) is 16.7. The van der Waals surface area contributed by atoms with E-state index in [-0.39, 0.29) is 0 Å². The molecule has 0 bridgehead atoms. The van der Waals surface area contributed by atoms with Crippen LogP contribution < -0.4 is 15.4 Å². The SMILES string of the molecule is CCc1ncnc(NCPc2ccc(Oc3ccc(Cl)cc3)cc2)c1Cl. The van der Waals surface area contributed by atoms with E-state index in [1.165, 1.54) is 5.30 Å². The van der Waals surface area contributed by atoms with Crippen molar-refractivity contribution in [2.75, 3.05) is 11.6 Å². The summed E-state index contributed by atoms with van der Waals surface area (Å²) in [5, 5.41) is 5.80. The zero-order chi connectivity index (χ0) is 18.4. The highest BCUT2D eigenvalue weighted by Gasteiger charge is 2.07. The van der Waals surface area contributed by atoms with Gasteiger partial charge in [-0.25, -0.2) is 9.97 Å². The minimum atomic E-state index is 0.583. The third kappa shape index (κ3) is 5.07. The van der Waals surface area contributed by atoms with Gasteiger partial charge in [0.2, 0.25) is 0 Å². The first-order chi connectivity index (χ1) is 12.7. The maximum atomic E-state index is 6.29. The van der Waals surface area contributed by atoms with Crippen LogP contribution in [0.2, 0.25) is 10.0 Å². The van der Waals surface area contributed by atoms with Gasteiger partial charge < -0.3 is 10.1 Å². The molecule has 0 saturated heterocycles. The molecule has 134 valence electrons. The topological polar surface area (TPSA) is 47.0 Å². The van der Waals surface area contributed by atoms with E-state index in [1.807, 2.05) is 31.2 Å². The van der Waals surface area contributed by atoms with E-state index in [4.69, 9.17) is 27.9 Å². The van der Waals surface area contributed by atoms with Gasteiger partial charge in [-0.05, 0) is 48.1 Å². The van der Waals surface area contributed by atoms with Crippen molar-refractivity contribution in [1.29, 1.82) is 0 Å². The number of nitrogens with one attached hydrogen (secondary N) is 1. The monoisotopic (exact) mass is 405 g/mol. The number of aryl methyl sites for hydroxylation is 1. The lowest BCUT2D eigenvalue weighted by Crippen LogP contribution is -2.05. The second-order valence-electron chi connectivity index (χ2n) is 5.45. The molecule has 0 amide bonds. The summed E-state index contributed by atoms with van der Waals surface area (Å²) in [5.74, 6) is 2.24. The Labute approximate surface area is 164 Å². The number of nitrogens with zero attached hydrogens (tertiary/aromatic N) is 2. The molecular formula is C19H18Cl2N3OP. The number of rotatable bonds is 7. The smallest absolute Gasteiger partial charge is 0.148 e. The summed E-state index contributed by atoms with van der Waals surface area (Å²) in [5.41, 5.74) is 0.858. The van der Waals surface area contributed by atoms with Gasteiger partial charge in [0.1, 0.15) is 28.7 Å². The number of aromatic nitrogens is 2. The third-order valence-corrected chi connectivity index (χ3v) is 5.39. The number of halogens is 2. The average Bonchev–Trinajstić information content (AvgIpc) is 2.66. The van der Waals surface area contributed by atoms with E-state index in [2.05, 4.69) is 27.4 Å². The molecule has 0 saturated carbocycles. The third-order valence-electron chi connectivity index (χ3n) is 3.65. The molecule has 1 unspecified atom stereocenters. The summed E-state index contributed by atoms with van der Waals surface area (Å²) in [6.45, 7) is 2.02. The first-order valence-electron chi connectivity index (χ1n) is 8.16. The molecule has 0 fully saturated rings. The maximum Gasteiger partial charge on any atom is 0.148 e. The van der Waals surface area contributed by atoms with Crippen molar-refractivity contribution in [1.82, 2.24) is 9.97 Å². The Morgan fingerprint density at radius 1 is 0.962 bits per heavy atom. The Kier molecular flexibility index (Phi) is 6.67. The number of anilines is 1. The van der Waals surface area contributed by atoms with E-state index in [0.29, 0.717) is 24.4 Å². The van der Waals surface area contributed by atoms with Crippen LogP contribution in [-0.4, -0.2) is 16.3 Å². The lowest BCUT2D eigenvalue weighted by atomic mass is 10.3. The lowest BCUT2D eigenvalue weighted by molar-refractivity contribution is 0.483. The van der Waals surface area contributed by atoms with Crippen molar-refractivity contribution >= 4 is 42.9 Å². The van der Waals surface area contributed by atoms with Gasteiger partial charge in [0.05, 0.1) is 5.69 Å². The van der Waals surface area contributed by atoms with Crippen molar-refractivity contribution in [3.63, 3.8) is 0 Å². The summed E-state index contributed by atoms with van der Waals surface area (Å²) >= 11 is 12.2. The molecule has 1 aromatic heterocycles. The minimum Gasteiger partial charge on any atom is -0.457 e.